The van der Waals surface area contributed by atoms with Crippen LogP contribution in [0.5, 0.6) is 0 Å². The first-order chi connectivity index (χ1) is 8.69. The number of nitrogens with zero attached hydrogens (tertiary/aromatic N) is 3. The van der Waals surface area contributed by atoms with Crippen LogP contribution < -0.4 is 10.2 Å². The van der Waals surface area contributed by atoms with Crippen LogP contribution in [0.3, 0.4) is 0 Å². The maximum Gasteiger partial charge on any atom is 0.287 e. The maximum absolute atomic E-state index is 10.6. The van der Waals surface area contributed by atoms with Gasteiger partial charge in [0.05, 0.1) is 4.92 Å². The van der Waals surface area contributed by atoms with E-state index in [0.717, 1.165) is 32.0 Å². The Balaban J connectivity index is 1.74. The Morgan fingerprint density at radius 3 is 2.94 bits per heavy atom. The van der Waals surface area contributed by atoms with Gasteiger partial charge in [-0.2, -0.15) is 0 Å². The molecule has 0 radical (unpaired) electrons. The molecule has 2 aliphatic heterocycles. The smallest absolute Gasteiger partial charge is 0.287 e. The first-order valence-electron chi connectivity index (χ1n) is 6.25. The van der Waals surface area contributed by atoms with E-state index < -0.39 is 4.92 Å². The van der Waals surface area contributed by atoms with Gasteiger partial charge in [-0.05, 0) is 25.5 Å². The summed E-state index contributed by atoms with van der Waals surface area (Å²) in [5.41, 5.74) is 0.443. The predicted molar refractivity (Wildman–Crippen MR) is 67.6 cm³/mol. The molecule has 6 heteroatoms. The lowest BCUT2D eigenvalue weighted by molar-refractivity contribution is -0.385. The minimum Gasteiger partial charge on any atom is -0.356 e. The van der Waals surface area contributed by atoms with Gasteiger partial charge in [0.1, 0.15) is 12.0 Å². The van der Waals surface area contributed by atoms with E-state index in [1.165, 1.54) is 25.1 Å². The van der Waals surface area contributed by atoms with Crippen LogP contribution in [-0.2, 0) is 0 Å². The molecule has 2 saturated heterocycles. The third-order valence-electron chi connectivity index (χ3n) is 4.04. The minimum atomic E-state index is -0.414. The summed E-state index contributed by atoms with van der Waals surface area (Å²) in [5.74, 6) is 0.851. The van der Waals surface area contributed by atoms with Gasteiger partial charge < -0.3 is 10.2 Å². The van der Waals surface area contributed by atoms with Gasteiger partial charge in [-0.3, -0.25) is 10.1 Å². The van der Waals surface area contributed by atoms with Gasteiger partial charge in [0.25, 0.3) is 5.69 Å². The summed E-state index contributed by atoms with van der Waals surface area (Å²) < 4.78 is 0. The third kappa shape index (κ3) is 1.92. The van der Waals surface area contributed by atoms with E-state index in [2.05, 4.69) is 15.2 Å². The van der Waals surface area contributed by atoms with Crippen LogP contribution in [0.2, 0.25) is 0 Å². The SMILES string of the molecule is O=[N+]([O-])c1ccc(N2CCC3(CCNC3)C2)nc1. The van der Waals surface area contributed by atoms with Crippen LogP contribution in [-0.4, -0.2) is 36.1 Å². The Bertz CT molecular complexity index is 454. The summed E-state index contributed by atoms with van der Waals surface area (Å²) in [6.07, 6.45) is 3.74. The Kier molecular flexibility index (Phi) is 2.66. The monoisotopic (exact) mass is 248 g/mol. The number of nitrogens with one attached hydrogen (secondary N) is 1. The molecule has 96 valence electrons. The molecule has 2 fully saturated rings. The molecule has 0 bridgehead atoms. The van der Waals surface area contributed by atoms with Gasteiger partial charge in [-0.1, -0.05) is 0 Å². The second-order valence-electron chi connectivity index (χ2n) is 5.23. The zero-order valence-corrected chi connectivity index (χ0v) is 10.1. The quantitative estimate of drug-likeness (QED) is 0.628. The highest BCUT2D eigenvalue weighted by molar-refractivity contribution is 5.44. The van der Waals surface area contributed by atoms with Gasteiger partial charge >= 0.3 is 0 Å². The number of hydrogen-bond acceptors (Lipinski definition) is 5. The molecule has 0 aliphatic carbocycles. The van der Waals surface area contributed by atoms with E-state index in [0.29, 0.717) is 5.41 Å². The number of hydrogen-bond donors (Lipinski definition) is 1. The largest absolute Gasteiger partial charge is 0.356 e. The molecular formula is C12H16N4O2. The number of anilines is 1. The summed E-state index contributed by atoms with van der Waals surface area (Å²) in [7, 11) is 0. The van der Waals surface area contributed by atoms with Crippen LogP contribution in [0, 0.1) is 15.5 Å². The van der Waals surface area contributed by atoms with Gasteiger partial charge in [-0.15, -0.1) is 0 Å². The fourth-order valence-electron chi connectivity index (χ4n) is 2.95. The van der Waals surface area contributed by atoms with Crippen molar-refractivity contribution in [3.05, 3.63) is 28.4 Å². The highest BCUT2D eigenvalue weighted by Gasteiger charge is 2.40. The lowest BCUT2D eigenvalue weighted by Crippen LogP contribution is -2.29. The predicted octanol–water partition coefficient (Wildman–Crippen LogP) is 1.18. The number of pyridine rings is 1. The summed E-state index contributed by atoms with van der Waals surface area (Å²) >= 11 is 0. The molecule has 6 nitrogen and oxygen atoms in total. The van der Waals surface area contributed by atoms with Crippen molar-refractivity contribution in [2.24, 2.45) is 5.41 Å². The molecule has 3 rings (SSSR count). The normalized spacial score (nSPS) is 27.0. The van der Waals surface area contributed by atoms with E-state index in [4.69, 9.17) is 0 Å². The third-order valence-corrected chi connectivity index (χ3v) is 4.04. The first kappa shape index (κ1) is 11.4. The van der Waals surface area contributed by atoms with Crippen LogP contribution in [0.25, 0.3) is 0 Å². The fourth-order valence-corrected chi connectivity index (χ4v) is 2.95. The van der Waals surface area contributed by atoms with E-state index in [1.54, 1.807) is 6.07 Å². The zero-order chi connectivity index (χ0) is 12.6. The zero-order valence-electron chi connectivity index (χ0n) is 10.1. The van der Waals surface area contributed by atoms with Crippen molar-refractivity contribution in [3.63, 3.8) is 0 Å². The molecule has 1 aromatic rings. The Labute approximate surface area is 105 Å². The minimum absolute atomic E-state index is 0.0511. The van der Waals surface area contributed by atoms with Gasteiger partial charge in [0, 0.05) is 31.1 Å². The van der Waals surface area contributed by atoms with Crippen molar-refractivity contribution in [2.75, 3.05) is 31.1 Å². The second kappa shape index (κ2) is 4.20. The van der Waals surface area contributed by atoms with Gasteiger partial charge in [-0.25, -0.2) is 4.98 Å². The Morgan fingerprint density at radius 1 is 1.44 bits per heavy atom. The van der Waals surface area contributed by atoms with Crippen molar-refractivity contribution >= 4 is 11.5 Å². The van der Waals surface area contributed by atoms with E-state index >= 15 is 0 Å². The van der Waals surface area contributed by atoms with Crippen LogP contribution in [0.15, 0.2) is 18.3 Å². The number of aromatic nitrogens is 1. The summed E-state index contributed by atoms with van der Waals surface area (Å²) in [6, 6.07) is 3.28. The average Bonchev–Trinajstić information content (AvgIpc) is 3.01. The second-order valence-corrected chi connectivity index (χ2v) is 5.23. The van der Waals surface area contributed by atoms with E-state index in [-0.39, 0.29) is 5.69 Å². The Hall–Kier alpha value is -1.69. The molecule has 3 heterocycles. The van der Waals surface area contributed by atoms with Crippen molar-refractivity contribution in [1.29, 1.82) is 0 Å². The molecule has 1 N–H and O–H groups in total. The first-order valence-corrected chi connectivity index (χ1v) is 6.25. The van der Waals surface area contributed by atoms with E-state index in [9.17, 15) is 10.1 Å². The molecule has 0 amide bonds. The Morgan fingerprint density at radius 2 is 2.33 bits per heavy atom. The topological polar surface area (TPSA) is 71.3 Å². The molecule has 1 atom stereocenters. The molecule has 1 spiro atoms. The molecule has 2 aliphatic rings. The van der Waals surface area contributed by atoms with Crippen molar-refractivity contribution in [1.82, 2.24) is 10.3 Å². The van der Waals surface area contributed by atoms with Crippen molar-refractivity contribution < 1.29 is 4.92 Å². The lowest BCUT2D eigenvalue weighted by atomic mass is 9.87. The molecule has 0 aromatic carbocycles. The molecule has 1 aromatic heterocycles. The lowest BCUT2D eigenvalue weighted by Gasteiger charge is -2.23. The van der Waals surface area contributed by atoms with Gasteiger partial charge in [0.2, 0.25) is 0 Å². The van der Waals surface area contributed by atoms with Crippen LogP contribution in [0.4, 0.5) is 11.5 Å². The molecular weight excluding hydrogens is 232 g/mol. The van der Waals surface area contributed by atoms with Crippen LogP contribution in [0.1, 0.15) is 12.8 Å². The van der Waals surface area contributed by atoms with Crippen molar-refractivity contribution in [2.45, 2.75) is 12.8 Å². The maximum atomic E-state index is 10.6. The summed E-state index contributed by atoms with van der Waals surface area (Å²) in [5, 5.41) is 14.0. The molecule has 1 unspecified atom stereocenters. The van der Waals surface area contributed by atoms with Crippen molar-refractivity contribution in [3.8, 4) is 0 Å². The summed E-state index contributed by atoms with van der Waals surface area (Å²) in [6.45, 7) is 4.18. The highest BCUT2D eigenvalue weighted by Crippen LogP contribution is 2.37. The standard InChI is InChI=1S/C12H16N4O2/c17-16(18)10-1-2-11(14-7-10)15-6-4-12(9-15)3-5-13-8-12/h1-2,7,13H,3-6,8-9H2. The van der Waals surface area contributed by atoms with Crippen LogP contribution >= 0.6 is 0 Å². The average molecular weight is 248 g/mol. The summed E-state index contributed by atoms with van der Waals surface area (Å²) in [4.78, 5) is 16.6. The molecule has 0 saturated carbocycles. The molecule has 18 heavy (non-hydrogen) atoms. The number of rotatable bonds is 2. The number of nitro groups is 1. The van der Waals surface area contributed by atoms with Gasteiger partial charge in [0.15, 0.2) is 0 Å². The van der Waals surface area contributed by atoms with E-state index in [1.807, 2.05) is 0 Å². The highest BCUT2D eigenvalue weighted by atomic mass is 16.6. The fraction of sp³-hybridized carbons (Fsp3) is 0.583.